The van der Waals surface area contributed by atoms with Gasteiger partial charge in [0.2, 0.25) is 0 Å². The number of hydrogen-bond donors (Lipinski definition) is 0. The van der Waals surface area contributed by atoms with Crippen molar-refractivity contribution in [3.63, 3.8) is 0 Å². The zero-order valence-electron chi connectivity index (χ0n) is 11.1. The molecule has 4 heteroatoms. The molecular formula is C15H16O4. The maximum absolute atomic E-state index is 11.9. The van der Waals surface area contributed by atoms with Gasteiger partial charge in [-0.05, 0) is 38.3 Å². The lowest BCUT2D eigenvalue weighted by atomic mass is 9.92. The molecule has 4 rings (SSSR count). The number of fused-ring (bicyclic) bond motifs is 4. The van der Waals surface area contributed by atoms with Gasteiger partial charge in [-0.3, -0.25) is 0 Å². The average molecular weight is 260 g/mol. The van der Waals surface area contributed by atoms with Gasteiger partial charge in [0.15, 0.2) is 0 Å². The minimum Gasteiger partial charge on any atom is -0.469 e. The first kappa shape index (κ1) is 11.3. The number of rotatable bonds is 0. The van der Waals surface area contributed by atoms with Crippen molar-refractivity contribution in [1.82, 2.24) is 0 Å². The van der Waals surface area contributed by atoms with Gasteiger partial charge in [-0.25, -0.2) is 4.79 Å². The molecule has 1 aliphatic carbocycles. The predicted molar refractivity (Wildman–Crippen MR) is 66.6 cm³/mol. The van der Waals surface area contributed by atoms with Crippen LogP contribution in [0.4, 0.5) is 0 Å². The van der Waals surface area contributed by atoms with Crippen molar-refractivity contribution in [2.75, 3.05) is 0 Å². The summed E-state index contributed by atoms with van der Waals surface area (Å²) in [6, 6.07) is 0. The van der Waals surface area contributed by atoms with Gasteiger partial charge in [0.05, 0.1) is 18.0 Å². The third-order valence-corrected chi connectivity index (χ3v) is 4.46. The molecule has 3 heterocycles. The fraction of sp³-hybridized carbons (Fsp3) is 0.533. The topological polar surface area (TPSA) is 52.0 Å². The van der Waals surface area contributed by atoms with Gasteiger partial charge in [0.25, 0.3) is 0 Å². The van der Waals surface area contributed by atoms with E-state index in [1.54, 1.807) is 6.26 Å². The second-order valence-corrected chi connectivity index (χ2v) is 5.91. The van der Waals surface area contributed by atoms with E-state index in [0.717, 1.165) is 41.7 Å². The third-order valence-electron chi connectivity index (χ3n) is 4.46. The Morgan fingerprint density at radius 2 is 2.26 bits per heavy atom. The van der Waals surface area contributed by atoms with Crippen molar-refractivity contribution < 1.29 is 18.7 Å². The van der Waals surface area contributed by atoms with Crippen LogP contribution in [0.2, 0.25) is 0 Å². The monoisotopic (exact) mass is 260 g/mol. The summed E-state index contributed by atoms with van der Waals surface area (Å²) >= 11 is 0. The number of aryl methyl sites for hydroxylation is 1. The number of carbonyl (C=O) groups excluding carboxylic acids is 1. The van der Waals surface area contributed by atoms with Gasteiger partial charge in [0.1, 0.15) is 11.9 Å². The smallest absolute Gasteiger partial charge is 0.334 e. The predicted octanol–water partition coefficient (Wildman–Crippen LogP) is 2.61. The molecule has 1 aromatic heterocycles. The quantitative estimate of drug-likeness (QED) is 0.531. The van der Waals surface area contributed by atoms with Gasteiger partial charge in [-0.2, -0.15) is 0 Å². The van der Waals surface area contributed by atoms with E-state index in [4.69, 9.17) is 13.9 Å². The fourth-order valence-electron chi connectivity index (χ4n) is 3.25. The maximum Gasteiger partial charge on any atom is 0.334 e. The van der Waals surface area contributed by atoms with Crippen LogP contribution in [-0.2, 0) is 20.7 Å². The van der Waals surface area contributed by atoms with E-state index in [-0.39, 0.29) is 23.8 Å². The molecule has 1 fully saturated rings. The van der Waals surface area contributed by atoms with Crippen LogP contribution in [0.5, 0.6) is 0 Å². The van der Waals surface area contributed by atoms with Crippen LogP contribution < -0.4 is 0 Å². The van der Waals surface area contributed by atoms with Crippen molar-refractivity contribution in [3.8, 4) is 0 Å². The molecule has 0 unspecified atom stereocenters. The summed E-state index contributed by atoms with van der Waals surface area (Å²) in [7, 11) is 0. The van der Waals surface area contributed by atoms with Crippen LogP contribution in [0.1, 0.15) is 42.8 Å². The molecule has 0 spiro atoms. The largest absolute Gasteiger partial charge is 0.469 e. The molecule has 0 saturated carbocycles. The Bertz CT molecular complexity index is 597. The number of esters is 1. The summed E-state index contributed by atoms with van der Waals surface area (Å²) in [5, 5.41) is 0. The van der Waals surface area contributed by atoms with Crippen molar-refractivity contribution in [3.05, 3.63) is 34.8 Å². The van der Waals surface area contributed by atoms with Crippen molar-refractivity contribution in [1.29, 1.82) is 0 Å². The molecule has 2 bridgehead atoms. The van der Waals surface area contributed by atoms with Crippen molar-refractivity contribution in [2.45, 2.75) is 50.9 Å². The first-order valence-corrected chi connectivity index (χ1v) is 6.73. The van der Waals surface area contributed by atoms with Gasteiger partial charge in [-0.15, -0.1) is 0 Å². The Kier molecular flexibility index (Phi) is 2.09. The lowest BCUT2D eigenvalue weighted by Crippen LogP contribution is -2.15. The van der Waals surface area contributed by atoms with Gasteiger partial charge in [-0.1, -0.05) is 0 Å². The SMILES string of the molecule is Cc1coc2c1[C@H]1C=C(CC[C@@H]3O[C@]3(C)C2)C(=O)O1. The van der Waals surface area contributed by atoms with Crippen LogP contribution in [0.3, 0.4) is 0 Å². The molecule has 1 aromatic rings. The molecule has 19 heavy (non-hydrogen) atoms. The Balaban J connectivity index is 1.82. The van der Waals surface area contributed by atoms with E-state index in [2.05, 4.69) is 6.92 Å². The van der Waals surface area contributed by atoms with Crippen molar-refractivity contribution in [2.24, 2.45) is 0 Å². The van der Waals surface area contributed by atoms with E-state index < -0.39 is 0 Å². The highest BCUT2D eigenvalue weighted by Gasteiger charge is 2.53. The summed E-state index contributed by atoms with van der Waals surface area (Å²) in [6.45, 7) is 4.10. The Hall–Kier alpha value is -1.55. The molecule has 2 aliphatic heterocycles. The minimum absolute atomic E-state index is 0.139. The molecule has 100 valence electrons. The Labute approximate surface area is 111 Å². The lowest BCUT2D eigenvalue weighted by Gasteiger charge is -2.12. The van der Waals surface area contributed by atoms with E-state index in [9.17, 15) is 4.79 Å². The summed E-state index contributed by atoms with van der Waals surface area (Å²) in [4.78, 5) is 11.9. The second-order valence-electron chi connectivity index (χ2n) is 5.91. The number of epoxide rings is 1. The zero-order valence-corrected chi connectivity index (χ0v) is 11.1. The van der Waals surface area contributed by atoms with E-state index in [1.807, 2.05) is 13.0 Å². The molecule has 0 radical (unpaired) electrons. The highest BCUT2D eigenvalue weighted by molar-refractivity contribution is 5.91. The van der Waals surface area contributed by atoms with E-state index in [1.165, 1.54) is 0 Å². The molecule has 3 atom stereocenters. The average Bonchev–Trinajstić information content (AvgIpc) is 2.65. The minimum atomic E-state index is -0.282. The van der Waals surface area contributed by atoms with E-state index in [0.29, 0.717) is 0 Å². The molecule has 0 amide bonds. The first-order chi connectivity index (χ1) is 9.07. The normalized spacial score (nSPS) is 36.1. The highest BCUT2D eigenvalue weighted by Crippen LogP contribution is 2.46. The summed E-state index contributed by atoms with van der Waals surface area (Å²) in [6.07, 6.45) is 5.98. The number of ether oxygens (including phenoxy) is 2. The Morgan fingerprint density at radius 1 is 1.42 bits per heavy atom. The lowest BCUT2D eigenvalue weighted by molar-refractivity contribution is -0.140. The number of furan rings is 1. The molecule has 3 aliphatic rings. The van der Waals surface area contributed by atoms with Crippen LogP contribution in [0, 0.1) is 6.92 Å². The summed E-state index contributed by atoms with van der Waals surface area (Å²) in [5.41, 5.74) is 2.67. The standard InChI is InChI=1S/C15H16O4/c1-8-7-17-11-6-15(2)12(19-15)4-3-9-5-10(13(8)11)18-14(9)16/h5,7,10,12H,3-4,6H2,1-2H3/t10-,12+,15-/m1/s1. The van der Waals surface area contributed by atoms with Crippen LogP contribution >= 0.6 is 0 Å². The molecule has 1 saturated heterocycles. The zero-order chi connectivity index (χ0) is 13.2. The Morgan fingerprint density at radius 3 is 3.11 bits per heavy atom. The summed E-state index contributed by atoms with van der Waals surface area (Å²) in [5.74, 6) is 0.695. The first-order valence-electron chi connectivity index (χ1n) is 6.73. The molecular weight excluding hydrogens is 244 g/mol. The highest BCUT2D eigenvalue weighted by atomic mass is 16.6. The van der Waals surface area contributed by atoms with Crippen LogP contribution in [0.25, 0.3) is 0 Å². The van der Waals surface area contributed by atoms with Gasteiger partial charge < -0.3 is 13.9 Å². The molecule has 4 nitrogen and oxygen atoms in total. The number of carbonyl (C=O) groups is 1. The van der Waals surface area contributed by atoms with Crippen molar-refractivity contribution >= 4 is 5.97 Å². The molecule has 0 N–H and O–H groups in total. The van der Waals surface area contributed by atoms with Gasteiger partial charge in [0, 0.05) is 17.6 Å². The number of hydrogen-bond acceptors (Lipinski definition) is 4. The third kappa shape index (κ3) is 1.59. The fourth-order valence-corrected chi connectivity index (χ4v) is 3.25. The summed E-state index contributed by atoms with van der Waals surface area (Å²) < 4.78 is 16.9. The van der Waals surface area contributed by atoms with Crippen LogP contribution in [0.15, 0.2) is 22.3 Å². The molecule has 0 aromatic carbocycles. The second kappa shape index (κ2) is 3.51. The van der Waals surface area contributed by atoms with Gasteiger partial charge >= 0.3 is 5.97 Å². The van der Waals surface area contributed by atoms with E-state index >= 15 is 0 Å². The van der Waals surface area contributed by atoms with Crippen LogP contribution in [-0.4, -0.2) is 17.7 Å². The maximum atomic E-state index is 11.9.